The van der Waals surface area contributed by atoms with Crippen molar-refractivity contribution < 1.29 is 14.6 Å². The quantitative estimate of drug-likeness (QED) is 0.795. The lowest BCUT2D eigenvalue weighted by Crippen LogP contribution is -1.99. The average molecular weight is 279 g/mol. The number of methoxy groups -OCH3 is 1. The molecule has 4 heteroatoms. The van der Waals surface area contributed by atoms with Gasteiger partial charge < -0.3 is 9.84 Å². The number of fused-ring (bicyclic) bond motifs is 1. The van der Waals surface area contributed by atoms with Gasteiger partial charge in [0.15, 0.2) is 0 Å². The first-order valence-electron chi connectivity index (χ1n) is 6.47. The minimum atomic E-state index is -0.946. The molecule has 0 saturated carbocycles. The Balaban J connectivity index is 2.35. The van der Waals surface area contributed by atoms with Crippen LogP contribution in [0.3, 0.4) is 0 Å². The van der Waals surface area contributed by atoms with Crippen molar-refractivity contribution in [1.29, 1.82) is 0 Å². The van der Waals surface area contributed by atoms with E-state index >= 15 is 0 Å². The molecule has 0 atom stereocenters. The fourth-order valence-corrected chi connectivity index (χ4v) is 2.45. The highest BCUT2D eigenvalue weighted by molar-refractivity contribution is 6.04. The van der Waals surface area contributed by atoms with Crippen LogP contribution in [-0.4, -0.2) is 23.2 Å². The highest BCUT2D eigenvalue weighted by atomic mass is 16.5. The Labute approximate surface area is 121 Å². The lowest BCUT2D eigenvalue weighted by atomic mass is 9.96. The van der Waals surface area contributed by atoms with E-state index in [2.05, 4.69) is 4.98 Å². The van der Waals surface area contributed by atoms with Gasteiger partial charge >= 0.3 is 5.97 Å². The number of nitrogens with zero attached hydrogens (tertiary/aromatic N) is 1. The van der Waals surface area contributed by atoms with E-state index in [9.17, 15) is 9.90 Å². The van der Waals surface area contributed by atoms with Crippen molar-refractivity contribution in [3.05, 3.63) is 60.3 Å². The molecule has 4 nitrogen and oxygen atoms in total. The Morgan fingerprint density at radius 1 is 1.05 bits per heavy atom. The Hall–Kier alpha value is -2.88. The van der Waals surface area contributed by atoms with E-state index in [4.69, 9.17) is 4.74 Å². The number of hydrogen-bond acceptors (Lipinski definition) is 3. The lowest BCUT2D eigenvalue weighted by molar-refractivity contribution is 0.0698. The number of hydrogen-bond donors (Lipinski definition) is 1. The fraction of sp³-hybridized carbons (Fsp3) is 0.0588. The number of pyridine rings is 1. The number of carboxylic acids is 1. The fourth-order valence-electron chi connectivity index (χ4n) is 2.45. The predicted molar refractivity (Wildman–Crippen MR) is 80.7 cm³/mol. The Morgan fingerprint density at radius 2 is 1.86 bits per heavy atom. The van der Waals surface area contributed by atoms with Gasteiger partial charge in [-0.15, -0.1) is 0 Å². The normalized spacial score (nSPS) is 10.5. The second-order valence-electron chi connectivity index (χ2n) is 4.57. The molecular formula is C17H13NO3. The molecule has 21 heavy (non-hydrogen) atoms. The molecule has 1 aromatic heterocycles. The molecule has 0 amide bonds. The van der Waals surface area contributed by atoms with Crippen LogP contribution in [0.25, 0.3) is 22.0 Å². The van der Waals surface area contributed by atoms with Crippen LogP contribution < -0.4 is 4.74 Å². The first-order valence-corrected chi connectivity index (χ1v) is 6.47. The van der Waals surface area contributed by atoms with E-state index in [1.165, 1.54) is 0 Å². The third kappa shape index (κ3) is 2.21. The number of benzene rings is 2. The van der Waals surface area contributed by atoms with E-state index in [1.54, 1.807) is 31.5 Å². The maximum atomic E-state index is 11.4. The third-order valence-electron chi connectivity index (χ3n) is 3.40. The summed E-state index contributed by atoms with van der Waals surface area (Å²) in [7, 11) is 1.59. The van der Waals surface area contributed by atoms with Crippen molar-refractivity contribution in [3.63, 3.8) is 0 Å². The van der Waals surface area contributed by atoms with E-state index < -0.39 is 5.97 Å². The molecule has 1 N–H and O–H groups in total. The number of ether oxygens (including phenoxy) is 1. The van der Waals surface area contributed by atoms with Crippen molar-refractivity contribution in [2.45, 2.75) is 0 Å². The van der Waals surface area contributed by atoms with Crippen LogP contribution in [0.1, 0.15) is 10.4 Å². The van der Waals surface area contributed by atoms with Gasteiger partial charge in [0.2, 0.25) is 0 Å². The van der Waals surface area contributed by atoms with Crippen LogP contribution in [0.4, 0.5) is 0 Å². The molecule has 0 radical (unpaired) electrons. The van der Waals surface area contributed by atoms with Gasteiger partial charge in [0, 0.05) is 11.6 Å². The highest BCUT2D eigenvalue weighted by Gasteiger charge is 2.15. The summed E-state index contributed by atoms with van der Waals surface area (Å²) in [6, 6.07) is 14.4. The molecule has 0 unspecified atom stereocenters. The highest BCUT2D eigenvalue weighted by Crippen LogP contribution is 2.34. The number of rotatable bonds is 3. The summed E-state index contributed by atoms with van der Waals surface area (Å²) in [6.07, 6.45) is 1.69. The summed E-state index contributed by atoms with van der Waals surface area (Å²) in [5.74, 6) is -0.277. The Kier molecular flexibility index (Phi) is 3.28. The van der Waals surface area contributed by atoms with E-state index in [0.29, 0.717) is 11.3 Å². The van der Waals surface area contributed by atoms with Crippen LogP contribution in [-0.2, 0) is 0 Å². The van der Waals surface area contributed by atoms with Gasteiger partial charge in [-0.05, 0) is 35.4 Å². The van der Waals surface area contributed by atoms with Crippen molar-refractivity contribution in [3.8, 4) is 16.9 Å². The summed E-state index contributed by atoms with van der Waals surface area (Å²) in [5.41, 5.74) is 2.49. The molecule has 1 heterocycles. The second-order valence-corrected chi connectivity index (χ2v) is 4.57. The van der Waals surface area contributed by atoms with Crippen molar-refractivity contribution in [2.24, 2.45) is 0 Å². The first-order chi connectivity index (χ1) is 10.2. The molecule has 0 spiro atoms. The number of aromatic nitrogens is 1. The summed E-state index contributed by atoms with van der Waals surface area (Å²) >= 11 is 0. The number of carbonyl (C=O) groups is 1. The summed E-state index contributed by atoms with van der Waals surface area (Å²) in [6.45, 7) is 0. The largest absolute Gasteiger partial charge is 0.494 e. The molecule has 0 aliphatic carbocycles. The van der Waals surface area contributed by atoms with Gasteiger partial charge in [0.05, 0.1) is 12.7 Å². The molecule has 2 aromatic carbocycles. The topological polar surface area (TPSA) is 59.4 Å². The molecule has 0 aliphatic heterocycles. The molecular weight excluding hydrogens is 266 g/mol. The summed E-state index contributed by atoms with van der Waals surface area (Å²) in [4.78, 5) is 15.8. The molecule has 0 aliphatic rings. The summed E-state index contributed by atoms with van der Waals surface area (Å²) < 4.78 is 5.32. The molecule has 104 valence electrons. The van der Waals surface area contributed by atoms with Crippen LogP contribution in [0.2, 0.25) is 0 Å². The molecule has 0 saturated heterocycles. The van der Waals surface area contributed by atoms with Gasteiger partial charge in [-0.3, -0.25) is 4.98 Å². The molecule has 3 aromatic rings. The van der Waals surface area contributed by atoms with E-state index in [-0.39, 0.29) is 5.56 Å². The first kappa shape index (κ1) is 13.1. The SMILES string of the molecule is COc1ccc(-c2ccccc2C(=O)O)c2cccnc12. The van der Waals surface area contributed by atoms with E-state index in [1.807, 2.05) is 30.3 Å². The number of carboxylic acid groups (broad SMARTS) is 1. The Bertz CT molecular complexity index is 827. The van der Waals surface area contributed by atoms with E-state index in [0.717, 1.165) is 16.5 Å². The lowest BCUT2D eigenvalue weighted by Gasteiger charge is -2.11. The predicted octanol–water partition coefficient (Wildman–Crippen LogP) is 3.61. The monoisotopic (exact) mass is 279 g/mol. The number of aromatic carboxylic acids is 1. The van der Waals surface area contributed by atoms with Crippen LogP contribution in [0, 0.1) is 0 Å². The minimum absolute atomic E-state index is 0.271. The standard InChI is InChI=1S/C17H13NO3/c1-21-15-9-8-12(13-7-4-10-18-16(13)15)11-5-2-3-6-14(11)17(19)20/h2-10H,1H3,(H,19,20). The maximum Gasteiger partial charge on any atom is 0.336 e. The zero-order valence-corrected chi connectivity index (χ0v) is 11.4. The van der Waals surface area contributed by atoms with Crippen LogP contribution in [0.15, 0.2) is 54.7 Å². The van der Waals surface area contributed by atoms with Crippen LogP contribution >= 0.6 is 0 Å². The van der Waals surface area contributed by atoms with Gasteiger partial charge in [-0.2, -0.15) is 0 Å². The average Bonchev–Trinajstić information content (AvgIpc) is 2.53. The van der Waals surface area contributed by atoms with Gasteiger partial charge in [0.1, 0.15) is 11.3 Å². The van der Waals surface area contributed by atoms with Gasteiger partial charge in [-0.25, -0.2) is 4.79 Å². The minimum Gasteiger partial charge on any atom is -0.494 e. The molecule has 0 bridgehead atoms. The van der Waals surface area contributed by atoms with Gasteiger partial charge in [-0.1, -0.05) is 24.3 Å². The Morgan fingerprint density at radius 3 is 2.62 bits per heavy atom. The maximum absolute atomic E-state index is 11.4. The van der Waals surface area contributed by atoms with Crippen molar-refractivity contribution >= 4 is 16.9 Å². The van der Waals surface area contributed by atoms with Crippen molar-refractivity contribution in [2.75, 3.05) is 7.11 Å². The van der Waals surface area contributed by atoms with Crippen LogP contribution in [0.5, 0.6) is 5.75 Å². The zero-order chi connectivity index (χ0) is 14.8. The molecule has 0 fully saturated rings. The van der Waals surface area contributed by atoms with Crippen molar-refractivity contribution in [1.82, 2.24) is 4.98 Å². The molecule has 3 rings (SSSR count). The summed E-state index contributed by atoms with van der Waals surface area (Å²) in [5, 5.41) is 10.2. The smallest absolute Gasteiger partial charge is 0.336 e. The zero-order valence-electron chi connectivity index (χ0n) is 11.4. The third-order valence-corrected chi connectivity index (χ3v) is 3.40. The second kappa shape index (κ2) is 5.25. The van der Waals surface area contributed by atoms with Gasteiger partial charge in [0.25, 0.3) is 0 Å².